The van der Waals surface area contributed by atoms with E-state index in [0.717, 1.165) is 15.6 Å². The van der Waals surface area contributed by atoms with E-state index in [-0.39, 0.29) is 12.3 Å². The smallest absolute Gasteiger partial charge is 0.226 e. The SMILES string of the molecule is CNC(=O)Cc1nc(CS(=O)c2ccc(C(C)C)cc2)cs1. The molecule has 0 radical (unpaired) electrons. The van der Waals surface area contributed by atoms with Gasteiger partial charge in [0.05, 0.1) is 28.7 Å². The minimum Gasteiger partial charge on any atom is -0.359 e. The summed E-state index contributed by atoms with van der Waals surface area (Å²) < 4.78 is 12.4. The van der Waals surface area contributed by atoms with Crippen molar-refractivity contribution in [1.29, 1.82) is 0 Å². The van der Waals surface area contributed by atoms with Crippen LogP contribution in [0.3, 0.4) is 0 Å². The Bertz CT molecular complexity index is 663. The Hall–Kier alpha value is -1.53. The number of nitrogens with one attached hydrogen (secondary N) is 1. The fourth-order valence-electron chi connectivity index (χ4n) is 1.94. The van der Waals surface area contributed by atoms with E-state index in [1.165, 1.54) is 16.9 Å². The topological polar surface area (TPSA) is 59.1 Å². The second kappa shape index (κ2) is 7.65. The van der Waals surface area contributed by atoms with Crippen molar-refractivity contribution in [2.75, 3.05) is 7.05 Å². The van der Waals surface area contributed by atoms with Crippen LogP contribution in [0.5, 0.6) is 0 Å². The Morgan fingerprint density at radius 3 is 2.59 bits per heavy atom. The zero-order valence-corrected chi connectivity index (χ0v) is 14.6. The van der Waals surface area contributed by atoms with Crippen molar-refractivity contribution < 1.29 is 9.00 Å². The van der Waals surface area contributed by atoms with Gasteiger partial charge in [-0.3, -0.25) is 9.00 Å². The van der Waals surface area contributed by atoms with Crippen LogP contribution in [-0.4, -0.2) is 22.1 Å². The Morgan fingerprint density at radius 2 is 2.00 bits per heavy atom. The number of rotatable bonds is 6. The lowest BCUT2D eigenvalue weighted by Crippen LogP contribution is -2.19. The van der Waals surface area contributed by atoms with Gasteiger partial charge in [-0.25, -0.2) is 4.98 Å². The first-order valence-electron chi connectivity index (χ1n) is 7.11. The molecule has 1 unspecified atom stereocenters. The summed E-state index contributed by atoms with van der Waals surface area (Å²) in [5, 5.41) is 5.20. The van der Waals surface area contributed by atoms with Crippen LogP contribution >= 0.6 is 11.3 Å². The molecule has 0 fully saturated rings. The lowest BCUT2D eigenvalue weighted by molar-refractivity contribution is -0.119. The van der Waals surface area contributed by atoms with Gasteiger partial charge in [-0.2, -0.15) is 0 Å². The number of hydrogen-bond donors (Lipinski definition) is 1. The molecule has 118 valence electrons. The molecule has 1 N–H and O–H groups in total. The summed E-state index contributed by atoms with van der Waals surface area (Å²) in [5.41, 5.74) is 2.01. The minimum absolute atomic E-state index is 0.0636. The van der Waals surface area contributed by atoms with E-state index in [9.17, 15) is 9.00 Å². The predicted molar refractivity (Wildman–Crippen MR) is 90.5 cm³/mol. The summed E-state index contributed by atoms with van der Waals surface area (Å²) in [6.45, 7) is 4.27. The van der Waals surface area contributed by atoms with Gasteiger partial charge in [-0.05, 0) is 23.6 Å². The number of amides is 1. The Morgan fingerprint density at radius 1 is 1.32 bits per heavy atom. The van der Waals surface area contributed by atoms with Crippen LogP contribution in [0.25, 0.3) is 0 Å². The van der Waals surface area contributed by atoms with Gasteiger partial charge in [0.25, 0.3) is 0 Å². The molecule has 22 heavy (non-hydrogen) atoms. The summed E-state index contributed by atoms with van der Waals surface area (Å²) in [6, 6.07) is 7.89. The molecule has 1 aromatic carbocycles. The first-order valence-corrected chi connectivity index (χ1v) is 9.31. The third-order valence-electron chi connectivity index (χ3n) is 3.28. The van der Waals surface area contributed by atoms with E-state index in [1.807, 2.05) is 29.6 Å². The highest BCUT2D eigenvalue weighted by atomic mass is 32.2. The predicted octanol–water partition coefficient (Wildman–Crippen LogP) is 2.86. The van der Waals surface area contributed by atoms with Crippen molar-refractivity contribution in [2.24, 2.45) is 0 Å². The molecule has 0 saturated carbocycles. The molecule has 0 aliphatic carbocycles. The summed E-state index contributed by atoms with van der Waals surface area (Å²) in [4.78, 5) is 16.5. The summed E-state index contributed by atoms with van der Waals surface area (Å²) >= 11 is 1.43. The van der Waals surface area contributed by atoms with Crippen molar-refractivity contribution in [2.45, 2.75) is 36.8 Å². The van der Waals surface area contributed by atoms with Crippen LogP contribution in [-0.2, 0) is 27.8 Å². The van der Waals surface area contributed by atoms with Gasteiger partial charge in [0, 0.05) is 17.3 Å². The molecule has 0 saturated heterocycles. The molecular weight excluding hydrogens is 316 g/mol. The first kappa shape index (κ1) is 16.8. The summed E-state index contributed by atoms with van der Waals surface area (Å²) in [7, 11) is 0.490. The van der Waals surface area contributed by atoms with Crippen LogP contribution in [0.4, 0.5) is 0 Å². The number of hydrogen-bond acceptors (Lipinski definition) is 4. The monoisotopic (exact) mass is 336 g/mol. The van der Waals surface area contributed by atoms with Gasteiger partial charge >= 0.3 is 0 Å². The van der Waals surface area contributed by atoms with Crippen molar-refractivity contribution in [3.8, 4) is 0 Å². The van der Waals surface area contributed by atoms with Gasteiger partial charge in [0.1, 0.15) is 5.01 Å². The number of likely N-dealkylation sites (N-methyl/N-ethyl adjacent to an activating group) is 1. The van der Waals surface area contributed by atoms with Crippen molar-refractivity contribution >= 4 is 28.0 Å². The van der Waals surface area contributed by atoms with Crippen LogP contribution < -0.4 is 5.32 Å². The van der Waals surface area contributed by atoms with Gasteiger partial charge in [-0.15, -0.1) is 11.3 Å². The maximum atomic E-state index is 12.4. The summed E-state index contributed by atoms with van der Waals surface area (Å²) in [5.74, 6) is 0.783. The zero-order chi connectivity index (χ0) is 16.1. The lowest BCUT2D eigenvalue weighted by atomic mass is 10.0. The second-order valence-electron chi connectivity index (χ2n) is 5.30. The van der Waals surface area contributed by atoms with Gasteiger partial charge < -0.3 is 5.32 Å². The number of benzene rings is 1. The lowest BCUT2D eigenvalue weighted by Gasteiger charge is -2.06. The average molecular weight is 336 g/mol. The normalized spacial score (nSPS) is 12.4. The molecular formula is C16H20N2O2S2. The van der Waals surface area contributed by atoms with Crippen LogP contribution in [0.2, 0.25) is 0 Å². The molecule has 1 amide bonds. The van der Waals surface area contributed by atoms with Crippen molar-refractivity contribution in [1.82, 2.24) is 10.3 Å². The van der Waals surface area contributed by atoms with Crippen LogP contribution in [0, 0.1) is 0 Å². The first-order chi connectivity index (χ1) is 10.5. The van der Waals surface area contributed by atoms with E-state index < -0.39 is 10.8 Å². The molecule has 1 aromatic heterocycles. The Labute approximate surface area is 137 Å². The van der Waals surface area contributed by atoms with Crippen LogP contribution in [0.15, 0.2) is 34.5 Å². The number of carbonyl (C=O) groups excluding carboxylic acids is 1. The van der Waals surface area contributed by atoms with E-state index in [4.69, 9.17) is 0 Å². The molecule has 0 aliphatic rings. The Kier molecular flexibility index (Phi) is 5.85. The largest absolute Gasteiger partial charge is 0.359 e. The fourth-order valence-corrected chi connectivity index (χ4v) is 3.87. The highest BCUT2D eigenvalue weighted by Gasteiger charge is 2.11. The van der Waals surface area contributed by atoms with Crippen LogP contribution in [0.1, 0.15) is 36.0 Å². The minimum atomic E-state index is -1.11. The van der Waals surface area contributed by atoms with Gasteiger partial charge in [0.2, 0.25) is 5.91 Å². The van der Waals surface area contributed by atoms with Gasteiger partial charge in [-0.1, -0.05) is 26.0 Å². The van der Waals surface area contributed by atoms with E-state index in [1.54, 1.807) is 7.05 Å². The number of nitrogens with zero attached hydrogens (tertiary/aromatic N) is 1. The molecule has 0 bridgehead atoms. The van der Waals surface area contributed by atoms with E-state index in [0.29, 0.717) is 11.7 Å². The fraction of sp³-hybridized carbons (Fsp3) is 0.375. The molecule has 1 heterocycles. The van der Waals surface area contributed by atoms with E-state index >= 15 is 0 Å². The average Bonchev–Trinajstić information content (AvgIpc) is 2.94. The highest BCUT2D eigenvalue weighted by Crippen LogP contribution is 2.19. The molecule has 4 nitrogen and oxygen atoms in total. The Balaban J connectivity index is 2.01. The molecule has 1 atom stereocenters. The number of thiazole rings is 1. The second-order valence-corrected chi connectivity index (χ2v) is 7.69. The molecule has 6 heteroatoms. The van der Waals surface area contributed by atoms with Crippen molar-refractivity contribution in [3.05, 3.63) is 45.9 Å². The third kappa shape index (κ3) is 4.48. The molecule has 2 aromatic rings. The van der Waals surface area contributed by atoms with E-state index in [2.05, 4.69) is 24.1 Å². The maximum absolute atomic E-state index is 12.4. The summed E-state index contributed by atoms with van der Waals surface area (Å²) in [6.07, 6.45) is 0.275. The maximum Gasteiger partial charge on any atom is 0.226 e. The molecule has 0 aliphatic heterocycles. The zero-order valence-electron chi connectivity index (χ0n) is 13.0. The molecule has 0 spiro atoms. The van der Waals surface area contributed by atoms with Gasteiger partial charge in [0.15, 0.2) is 0 Å². The third-order valence-corrected chi connectivity index (χ3v) is 5.53. The number of carbonyl (C=O) groups is 1. The highest BCUT2D eigenvalue weighted by molar-refractivity contribution is 7.84. The number of aromatic nitrogens is 1. The molecule has 2 rings (SSSR count). The standard InChI is InChI=1S/C16H20N2O2S2/c1-11(2)12-4-6-14(7-5-12)22(20)10-13-9-21-16(18-13)8-15(19)17-3/h4-7,9,11H,8,10H2,1-3H3,(H,17,19). The van der Waals surface area contributed by atoms with Crippen molar-refractivity contribution in [3.63, 3.8) is 0 Å². The quantitative estimate of drug-likeness (QED) is 0.882.